The Hall–Kier alpha value is -3.44. The van der Waals surface area contributed by atoms with Crippen molar-refractivity contribution in [2.45, 2.75) is 6.61 Å². The zero-order valence-electron chi connectivity index (χ0n) is 13.9. The van der Waals surface area contributed by atoms with E-state index in [0.717, 1.165) is 10.0 Å². The molecule has 0 atom stereocenters. The van der Waals surface area contributed by atoms with Crippen LogP contribution in [0.5, 0.6) is 5.75 Å². The van der Waals surface area contributed by atoms with Crippen LogP contribution < -0.4 is 10.3 Å². The molecule has 0 aliphatic carbocycles. The molecule has 0 aliphatic rings. The number of nitriles is 1. The number of fused-ring (bicyclic) bond motifs is 1. The smallest absolute Gasteiger partial charge is 0.275 e. The van der Waals surface area contributed by atoms with E-state index in [4.69, 9.17) is 4.74 Å². The lowest BCUT2D eigenvalue weighted by atomic mass is 10.1. The van der Waals surface area contributed by atoms with E-state index < -0.39 is 0 Å². The maximum absolute atomic E-state index is 11.6. The monoisotopic (exact) mass is 421 g/mol. The van der Waals surface area contributed by atoms with Crippen molar-refractivity contribution in [2.24, 2.45) is 0 Å². The van der Waals surface area contributed by atoms with Crippen LogP contribution in [0.2, 0.25) is 0 Å². The fourth-order valence-electron chi connectivity index (χ4n) is 2.59. The fraction of sp³-hybridized carbons (Fsp3) is 0.0526. The Kier molecular flexibility index (Phi) is 4.44. The third kappa shape index (κ3) is 3.45. The normalized spacial score (nSPS) is 10.7. The Morgan fingerprint density at radius 1 is 1.15 bits per heavy atom. The highest BCUT2D eigenvalue weighted by Crippen LogP contribution is 2.25. The Bertz CT molecular complexity index is 1220. The molecule has 2 N–H and O–H groups in total. The summed E-state index contributed by atoms with van der Waals surface area (Å²) in [6.45, 7) is 0.356. The average molecular weight is 422 g/mol. The number of rotatable bonds is 4. The fourth-order valence-corrected chi connectivity index (χ4v) is 2.85. The largest absolute Gasteiger partial charge is 0.488 e. The van der Waals surface area contributed by atoms with Gasteiger partial charge in [-0.25, -0.2) is 9.97 Å². The van der Waals surface area contributed by atoms with Crippen molar-refractivity contribution in [1.29, 1.82) is 5.26 Å². The van der Waals surface area contributed by atoms with Crippen LogP contribution in [0.3, 0.4) is 0 Å². The molecule has 2 heterocycles. The van der Waals surface area contributed by atoms with Gasteiger partial charge in [0.25, 0.3) is 5.56 Å². The van der Waals surface area contributed by atoms with Gasteiger partial charge in [0.2, 0.25) is 0 Å². The molecule has 132 valence electrons. The summed E-state index contributed by atoms with van der Waals surface area (Å²) >= 11 is 3.39. The second-order valence-electron chi connectivity index (χ2n) is 5.77. The molecule has 8 heteroatoms. The van der Waals surface area contributed by atoms with Gasteiger partial charge in [-0.15, -0.1) is 0 Å². The molecule has 7 nitrogen and oxygen atoms in total. The maximum atomic E-state index is 11.6. The van der Waals surface area contributed by atoms with E-state index in [1.54, 1.807) is 18.2 Å². The van der Waals surface area contributed by atoms with E-state index in [1.807, 2.05) is 24.3 Å². The molecule has 0 radical (unpaired) electrons. The van der Waals surface area contributed by atoms with Gasteiger partial charge in [0.15, 0.2) is 11.5 Å². The molecule has 2 aromatic heterocycles. The molecule has 0 saturated carbocycles. The summed E-state index contributed by atoms with van der Waals surface area (Å²) in [6.07, 6.45) is 1.46. The standard InChI is InChI=1S/C19H12BrN5O2/c20-14-4-1-11(2-5-14)10-27-16-6-3-12(7-13(16)8-21)17-22-9-15-18(23-17)24-25-19(15)26/h1-7,9H,10H2,(H2,22,23,24,25,26). The third-order valence-electron chi connectivity index (χ3n) is 3.99. The number of hydrogen-bond donors (Lipinski definition) is 2. The summed E-state index contributed by atoms with van der Waals surface area (Å²) in [4.78, 5) is 20.1. The SMILES string of the molecule is N#Cc1cc(-c2ncc3c(=O)[nH][nH]c3n2)ccc1OCc1ccc(Br)cc1. The van der Waals surface area contributed by atoms with Crippen LogP contribution in [0.1, 0.15) is 11.1 Å². The first kappa shape index (κ1) is 17.0. The minimum atomic E-state index is -0.272. The summed E-state index contributed by atoms with van der Waals surface area (Å²) < 4.78 is 6.78. The first-order valence-corrected chi connectivity index (χ1v) is 8.78. The van der Waals surface area contributed by atoms with Crippen LogP contribution in [0, 0.1) is 11.3 Å². The topological polar surface area (TPSA) is 107 Å². The van der Waals surface area contributed by atoms with Gasteiger partial charge in [-0.1, -0.05) is 28.1 Å². The molecule has 0 bridgehead atoms. The lowest BCUT2D eigenvalue weighted by molar-refractivity contribution is 0.305. The lowest BCUT2D eigenvalue weighted by Crippen LogP contribution is -1.99. The maximum Gasteiger partial charge on any atom is 0.275 e. The van der Waals surface area contributed by atoms with Crippen LogP contribution in [-0.4, -0.2) is 20.2 Å². The Labute approximate surface area is 161 Å². The van der Waals surface area contributed by atoms with Crippen LogP contribution >= 0.6 is 15.9 Å². The first-order valence-electron chi connectivity index (χ1n) is 7.99. The van der Waals surface area contributed by atoms with Crippen molar-refractivity contribution < 1.29 is 4.74 Å². The summed E-state index contributed by atoms with van der Waals surface area (Å²) in [5.74, 6) is 0.897. The van der Waals surface area contributed by atoms with Crippen LogP contribution in [0.25, 0.3) is 22.4 Å². The van der Waals surface area contributed by atoms with Gasteiger partial charge in [-0.05, 0) is 35.9 Å². The molecule has 27 heavy (non-hydrogen) atoms. The van der Waals surface area contributed by atoms with Crippen molar-refractivity contribution in [3.63, 3.8) is 0 Å². The highest BCUT2D eigenvalue weighted by Gasteiger charge is 2.11. The number of ether oxygens (including phenoxy) is 1. The first-order chi connectivity index (χ1) is 13.1. The highest BCUT2D eigenvalue weighted by atomic mass is 79.9. The predicted octanol–water partition coefficient (Wildman–Crippen LogP) is 3.53. The highest BCUT2D eigenvalue weighted by molar-refractivity contribution is 9.10. The minimum absolute atomic E-state index is 0.272. The second-order valence-corrected chi connectivity index (χ2v) is 6.69. The van der Waals surface area contributed by atoms with Gasteiger partial charge in [0.1, 0.15) is 23.8 Å². The summed E-state index contributed by atoms with van der Waals surface area (Å²) in [5, 5.41) is 15.0. The summed E-state index contributed by atoms with van der Waals surface area (Å²) in [7, 11) is 0. The number of aromatic nitrogens is 4. The van der Waals surface area contributed by atoms with Crippen LogP contribution in [0.15, 0.2) is 57.9 Å². The number of nitrogens with one attached hydrogen (secondary N) is 2. The van der Waals surface area contributed by atoms with Crippen molar-refractivity contribution in [3.05, 3.63) is 74.6 Å². The Balaban J connectivity index is 1.61. The molecule has 4 rings (SSSR count). The van der Waals surface area contributed by atoms with E-state index in [-0.39, 0.29) is 5.56 Å². The van der Waals surface area contributed by atoms with E-state index >= 15 is 0 Å². The van der Waals surface area contributed by atoms with E-state index in [2.05, 4.69) is 42.2 Å². The summed E-state index contributed by atoms with van der Waals surface area (Å²) in [5.41, 5.74) is 2.18. The van der Waals surface area contributed by atoms with Crippen molar-refractivity contribution in [2.75, 3.05) is 0 Å². The second kappa shape index (κ2) is 7.05. The van der Waals surface area contributed by atoms with Crippen molar-refractivity contribution in [1.82, 2.24) is 20.2 Å². The third-order valence-corrected chi connectivity index (χ3v) is 4.52. The van der Waals surface area contributed by atoms with Crippen molar-refractivity contribution in [3.8, 4) is 23.2 Å². The molecule has 2 aromatic carbocycles. The zero-order chi connectivity index (χ0) is 18.8. The number of halogens is 1. The molecule has 0 aliphatic heterocycles. The molecule has 0 fully saturated rings. The molecule has 0 saturated heterocycles. The van der Waals surface area contributed by atoms with Gasteiger partial charge in [0.05, 0.1) is 5.56 Å². The van der Waals surface area contributed by atoms with Gasteiger partial charge < -0.3 is 4.74 Å². The molecule has 0 spiro atoms. The van der Waals surface area contributed by atoms with E-state index in [1.165, 1.54) is 6.20 Å². The van der Waals surface area contributed by atoms with Gasteiger partial charge in [-0.2, -0.15) is 5.26 Å². The molecular formula is C19H12BrN5O2. The molecule has 0 unspecified atom stereocenters. The van der Waals surface area contributed by atoms with Crippen LogP contribution in [-0.2, 0) is 6.61 Å². The number of H-pyrrole nitrogens is 2. The van der Waals surface area contributed by atoms with Crippen molar-refractivity contribution >= 4 is 27.0 Å². The van der Waals surface area contributed by atoms with Gasteiger partial charge in [0, 0.05) is 16.2 Å². The Morgan fingerprint density at radius 3 is 2.74 bits per heavy atom. The predicted molar refractivity (Wildman–Crippen MR) is 103 cm³/mol. The van der Waals surface area contributed by atoms with E-state index in [0.29, 0.717) is 40.3 Å². The molecule has 0 amide bonds. The number of aromatic amines is 2. The minimum Gasteiger partial charge on any atom is -0.488 e. The van der Waals surface area contributed by atoms with E-state index in [9.17, 15) is 10.1 Å². The average Bonchev–Trinajstić information content (AvgIpc) is 3.07. The summed E-state index contributed by atoms with van der Waals surface area (Å²) in [6, 6.07) is 15.1. The van der Waals surface area contributed by atoms with Crippen LogP contribution in [0.4, 0.5) is 0 Å². The Morgan fingerprint density at radius 2 is 1.96 bits per heavy atom. The number of hydrogen-bond acceptors (Lipinski definition) is 5. The number of nitrogens with zero attached hydrogens (tertiary/aromatic N) is 3. The van der Waals surface area contributed by atoms with Gasteiger partial charge >= 0.3 is 0 Å². The lowest BCUT2D eigenvalue weighted by Gasteiger charge is -2.09. The number of benzene rings is 2. The molecular weight excluding hydrogens is 410 g/mol. The zero-order valence-corrected chi connectivity index (χ0v) is 15.4. The van der Waals surface area contributed by atoms with Gasteiger partial charge in [-0.3, -0.25) is 15.0 Å². The molecule has 4 aromatic rings. The quantitative estimate of drug-likeness (QED) is 0.523.